The summed E-state index contributed by atoms with van der Waals surface area (Å²) in [4.78, 5) is 36.6. The summed E-state index contributed by atoms with van der Waals surface area (Å²) in [6.45, 7) is 3.24. The molecule has 9 heteroatoms. The molecule has 0 spiro atoms. The monoisotopic (exact) mass is 286 g/mol. The fraction of sp³-hybridized carbons (Fsp3) is 0.222. The van der Waals surface area contributed by atoms with E-state index in [0.29, 0.717) is 0 Å². The number of imide groups is 2. The van der Waals surface area contributed by atoms with E-state index in [-0.39, 0.29) is 23.1 Å². The van der Waals surface area contributed by atoms with Gasteiger partial charge < -0.3 is 0 Å². The van der Waals surface area contributed by atoms with Crippen molar-refractivity contribution in [3.63, 3.8) is 0 Å². The molecule has 0 unspecified atom stereocenters. The molecule has 0 aliphatic carbocycles. The maximum Gasteiger partial charge on any atom is 0.334 e. The molecule has 7 nitrogen and oxygen atoms in total. The summed E-state index contributed by atoms with van der Waals surface area (Å²) in [6, 6.07) is -0.700. The Bertz CT molecular complexity index is 544. The van der Waals surface area contributed by atoms with Gasteiger partial charge in [-0.2, -0.15) is 0 Å². The van der Waals surface area contributed by atoms with Gasteiger partial charge in [0.1, 0.15) is 10.0 Å². The summed E-state index contributed by atoms with van der Waals surface area (Å²) in [5.41, 5.74) is 0.289. The van der Waals surface area contributed by atoms with E-state index in [1.54, 1.807) is 0 Å². The van der Waals surface area contributed by atoms with Crippen molar-refractivity contribution in [1.29, 1.82) is 0 Å². The molecule has 0 aromatic carbocycles. The third-order valence-corrected chi connectivity index (χ3v) is 3.25. The Kier molecular flexibility index (Phi) is 3.39. The number of amides is 4. The number of aromatic nitrogens is 2. The molecule has 1 aliphatic heterocycles. The molecule has 1 aromatic rings. The van der Waals surface area contributed by atoms with Crippen LogP contribution in [0.5, 0.6) is 0 Å². The summed E-state index contributed by atoms with van der Waals surface area (Å²) in [5.74, 6) is -1.77. The molecule has 1 fully saturated rings. The Morgan fingerprint density at radius 3 is 2.50 bits per heavy atom. The molecule has 94 valence electrons. The number of rotatable bonds is 4. The highest BCUT2D eigenvalue weighted by Gasteiger charge is 2.44. The van der Waals surface area contributed by atoms with Gasteiger partial charge in [-0.15, -0.1) is 11.7 Å². The highest BCUT2D eigenvalue weighted by molar-refractivity contribution is 7.10. The van der Waals surface area contributed by atoms with Crippen LogP contribution in [0.1, 0.15) is 5.69 Å². The van der Waals surface area contributed by atoms with Gasteiger partial charge in [-0.1, -0.05) is 22.2 Å². The minimum Gasteiger partial charge on any atom is -0.263 e. The fourth-order valence-electron chi connectivity index (χ4n) is 1.42. The maximum absolute atomic E-state index is 11.8. The van der Waals surface area contributed by atoms with Gasteiger partial charge in [-0.3, -0.25) is 14.5 Å². The molecular formula is C9H7ClN4O3S. The van der Waals surface area contributed by atoms with Crippen molar-refractivity contribution in [2.75, 3.05) is 6.54 Å². The lowest BCUT2D eigenvalue weighted by Crippen LogP contribution is -2.33. The lowest BCUT2D eigenvalue weighted by atomic mass is 10.4. The standard InChI is InChI=1S/C9H7ClN4O3S/c1-2-3-13-7(15)8(16)14(9(13)17)4-5-6(10)18-12-11-5/h2H,1,3-4H2. The molecule has 2 heterocycles. The van der Waals surface area contributed by atoms with E-state index in [0.717, 1.165) is 21.3 Å². The Balaban J connectivity index is 2.22. The molecule has 1 aliphatic rings. The Labute approximate surface area is 111 Å². The minimum atomic E-state index is -0.897. The van der Waals surface area contributed by atoms with Crippen molar-refractivity contribution in [1.82, 2.24) is 19.4 Å². The highest BCUT2D eigenvalue weighted by atomic mass is 35.5. The van der Waals surface area contributed by atoms with Crippen LogP contribution in [0.15, 0.2) is 12.7 Å². The molecule has 2 rings (SSSR count). The van der Waals surface area contributed by atoms with Crippen LogP contribution in [-0.4, -0.2) is 43.8 Å². The van der Waals surface area contributed by atoms with Gasteiger partial charge >= 0.3 is 17.8 Å². The highest BCUT2D eigenvalue weighted by Crippen LogP contribution is 2.21. The maximum atomic E-state index is 11.8. The zero-order valence-corrected chi connectivity index (χ0v) is 10.6. The second-order valence-corrected chi connectivity index (χ2v) is 4.73. The Hall–Kier alpha value is -1.80. The summed E-state index contributed by atoms with van der Waals surface area (Å²) in [5, 5.41) is 3.68. The predicted octanol–water partition coefficient (Wildman–Crippen LogP) is 0.668. The summed E-state index contributed by atoms with van der Waals surface area (Å²) in [7, 11) is 0. The van der Waals surface area contributed by atoms with Crippen molar-refractivity contribution in [2.45, 2.75) is 6.54 Å². The first-order valence-electron chi connectivity index (χ1n) is 4.81. The molecule has 0 radical (unpaired) electrons. The molecule has 1 aromatic heterocycles. The van der Waals surface area contributed by atoms with Gasteiger partial charge in [0.05, 0.1) is 6.54 Å². The van der Waals surface area contributed by atoms with E-state index < -0.39 is 17.8 Å². The fourth-order valence-corrected chi connectivity index (χ4v) is 2.03. The second kappa shape index (κ2) is 4.83. The molecule has 18 heavy (non-hydrogen) atoms. The summed E-state index contributed by atoms with van der Waals surface area (Å²) in [6.07, 6.45) is 1.37. The van der Waals surface area contributed by atoms with E-state index in [1.165, 1.54) is 6.08 Å². The van der Waals surface area contributed by atoms with Crippen LogP contribution in [0.3, 0.4) is 0 Å². The number of carbonyl (C=O) groups is 3. The lowest BCUT2D eigenvalue weighted by molar-refractivity contribution is -0.143. The number of halogens is 1. The number of hydrogen-bond acceptors (Lipinski definition) is 6. The van der Waals surface area contributed by atoms with Crippen LogP contribution < -0.4 is 0 Å². The van der Waals surface area contributed by atoms with Crippen molar-refractivity contribution in [2.24, 2.45) is 0 Å². The average molecular weight is 287 g/mol. The first-order valence-corrected chi connectivity index (χ1v) is 5.96. The van der Waals surface area contributed by atoms with E-state index in [1.807, 2.05) is 0 Å². The minimum absolute atomic E-state index is 0.0110. The van der Waals surface area contributed by atoms with E-state index >= 15 is 0 Å². The van der Waals surface area contributed by atoms with Crippen LogP contribution in [0.2, 0.25) is 4.34 Å². The normalized spacial score (nSPS) is 15.7. The topological polar surface area (TPSA) is 83.5 Å². The van der Waals surface area contributed by atoms with Crippen LogP contribution >= 0.6 is 23.1 Å². The average Bonchev–Trinajstić information content (AvgIpc) is 2.83. The smallest absolute Gasteiger partial charge is 0.263 e. The van der Waals surface area contributed by atoms with Crippen LogP contribution in [0.25, 0.3) is 0 Å². The first-order chi connectivity index (χ1) is 8.56. The number of carbonyl (C=O) groups excluding carboxylic acids is 3. The summed E-state index contributed by atoms with van der Waals surface area (Å²) < 4.78 is 3.87. The third kappa shape index (κ3) is 2.00. The van der Waals surface area contributed by atoms with Gasteiger partial charge in [0.25, 0.3) is 0 Å². The second-order valence-electron chi connectivity index (χ2n) is 3.37. The molecule has 0 N–H and O–H groups in total. The zero-order chi connectivity index (χ0) is 13.3. The van der Waals surface area contributed by atoms with Gasteiger partial charge in [-0.25, -0.2) is 9.69 Å². The van der Waals surface area contributed by atoms with Gasteiger partial charge in [-0.05, 0) is 0 Å². The number of nitrogens with zero attached hydrogens (tertiary/aromatic N) is 4. The van der Waals surface area contributed by atoms with Gasteiger partial charge in [0.15, 0.2) is 0 Å². The van der Waals surface area contributed by atoms with Crippen LogP contribution in [0.4, 0.5) is 4.79 Å². The number of urea groups is 1. The van der Waals surface area contributed by atoms with Crippen LogP contribution in [0, 0.1) is 0 Å². The van der Waals surface area contributed by atoms with Crippen molar-refractivity contribution < 1.29 is 14.4 Å². The first kappa shape index (κ1) is 12.7. The molecule has 0 saturated carbocycles. The molecule has 0 bridgehead atoms. The van der Waals surface area contributed by atoms with E-state index in [9.17, 15) is 14.4 Å². The van der Waals surface area contributed by atoms with Crippen molar-refractivity contribution in [3.05, 3.63) is 22.7 Å². The molecule has 1 saturated heterocycles. The third-order valence-electron chi connectivity index (χ3n) is 2.26. The molecule has 0 atom stereocenters. The van der Waals surface area contributed by atoms with Gasteiger partial charge in [0.2, 0.25) is 0 Å². The molecular weight excluding hydrogens is 280 g/mol. The van der Waals surface area contributed by atoms with E-state index in [4.69, 9.17) is 11.6 Å². The number of hydrogen-bond donors (Lipinski definition) is 0. The van der Waals surface area contributed by atoms with Crippen molar-refractivity contribution >= 4 is 41.0 Å². The zero-order valence-electron chi connectivity index (χ0n) is 9.00. The Morgan fingerprint density at radius 1 is 1.28 bits per heavy atom. The van der Waals surface area contributed by atoms with Crippen molar-refractivity contribution in [3.8, 4) is 0 Å². The molecule has 4 amide bonds. The van der Waals surface area contributed by atoms with Crippen LogP contribution in [-0.2, 0) is 16.1 Å². The largest absolute Gasteiger partial charge is 0.334 e. The van der Waals surface area contributed by atoms with E-state index in [2.05, 4.69) is 16.2 Å². The quantitative estimate of drug-likeness (QED) is 0.461. The predicted molar refractivity (Wildman–Crippen MR) is 62.8 cm³/mol. The van der Waals surface area contributed by atoms with Gasteiger partial charge in [0, 0.05) is 18.1 Å². The Morgan fingerprint density at radius 2 is 1.94 bits per heavy atom. The lowest BCUT2D eigenvalue weighted by Gasteiger charge is -2.12. The SMILES string of the molecule is C=CCN1C(=O)C(=O)N(Cc2nnsc2Cl)C1=O. The summed E-state index contributed by atoms with van der Waals surface area (Å²) >= 11 is 6.72.